The summed E-state index contributed by atoms with van der Waals surface area (Å²) in [7, 11) is -3.49. The molecule has 1 aromatic carbocycles. The molecule has 0 aliphatic carbocycles. The third-order valence-electron chi connectivity index (χ3n) is 2.40. The first-order chi connectivity index (χ1) is 8.49. The zero-order valence-electron chi connectivity index (χ0n) is 10.2. The second-order valence-corrected chi connectivity index (χ2v) is 6.11. The SMILES string of the molecule is C#CCC(C)NS(=O)(=O)c1ccc(CCCl)cc1. The monoisotopic (exact) mass is 285 g/mol. The molecule has 0 amide bonds. The predicted octanol–water partition coefficient (Wildman–Crippen LogP) is 2.16. The molecule has 0 heterocycles. The van der Waals surface area contributed by atoms with E-state index in [1.165, 1.54) is 0 Å². The van der Waals surface area contributed by atoms with Crippen molar-refractivity contribution in [3.05, 3.63) is 29.8 Å². The second-order valence-electron chi connectivity index (χ2n) is 4.01. The Labute approximate surface area is 114 Å². The fourth-order valence-corrected chi connectivity index (χ4v) is 2.96. The molecular formula is C13H16ClNO2S. The summed E-state index contributed by atoms with van der Waals surface area (Å²) >= 11 is 5.62. The van der Waals surface area contributed by atoms with Gasteiger partial charge in [0.2, 0.25) is 10.0 Å². The highest BCUT2D eigenvalue weighted by Gasteiger charge is 2.16. The molecule has 1 N–H and O–H groups in total. The summed E-state index contributed by atoms with van der Waals surface area (Å²) in [4.78, 5) is 0.240. The maximum atomic E-state index is 12.0. The van der Waals surface area contributed by atoms with Crippen molar-refractivity contribution in [3.63, 3.8) is 0 Å². The topological polar surface area (TPSA) is 46.2 Å². The van der Waals surface area contributed by atoms with Gasteiger partial charge in [-0.1, -0.05) is 12.1 Å². The molecule has 0 saturated heterocycles. The average molecular weight is 286 g/mol. The Morgan fingerprint density at radius 3 is 2.50 bits per heavy atom. The van der Waals surface area contributed by atoms with Crippen molar-refractivity contribution in [1.82, 2.24) is 4.72 Å². The van der Waals surface area contributed by atoms with Gasteiger partial charge in [-0.2, -0.15) is 0 Å². The minimum absolute atomic E-state index is 0.240. The molecule has 3 nitrogen and oxygen atoms in total. The number of hydrogen-bond donors (Lipinski definition) is 1. The molecule has 18 heavy (non-hydrogen) atoms. The molecule has 98 valence electrons. The Balaban J connectivity index is 2.82. The highest BCUT2D eigenvalue weighted by atomic mass is 35.5. The summed E-state index contributed by atoms with van der Waals surface area (Å²) in [5, 5.41) is 0. The first-order valence-electron chi connectivity index (χ1n) is 5.60. The fourth-order valence-electron chi connectivity index (χ4n) is 1.50. The molecule has 1 unspecified atom stereocenters. The minimum atomic E-state index is -3.49. The molecule has 0 aliphatic heterocycles. The normalized spacial score (nSPS) is 12.9. The van der Waals surface area contributed by atoms with E-state index in [0.717, 1.165) is 12.0 Å². The van der Waals surface area contributed by atoms with Crippen LogP contribution in [-0.2, 0) is 16.4 Å². The Morgan fingerprint density at radius 1 is 1.39 bits per heavy atom. The van der Waals surface area contributed by atoms with Crippen LogP contribution in [-0.4, -0.2) is 20.3 Å². The zero-order valence-corrected chi connectivity index (χ0v) is 11.8. The Kier molecular flexibility index (Phi) is 5.67. The lowest BCUT2D eigenvalue weighted by Gasteiger charge is -2.11. The van der Waals surface area contributed by atoms with Crippen LogP contribution in [0.1, 0.15) is 18.9 Å². The van der Waals surface area contributed by atoms with Crippen LogP contribution in [0.2, 0.25) is 0 Å². The van der Waals surface area contributed by atoms with Gasteiger partial charge in [0, 0.05) is 18.3 Å². The highest BCUT2D eigenvalue weighted by molar-refractivity contribution is 7.89. The summed E-state index contributed by atoms with van der Waals surface area (Å²) in [6.07, 6.45) is 6.23. The van der Waals surface area contributed by atoms with Crippen LogP contribution in [0.25, 0.3) is 0 Å². The van der Waals surface area contributed by atoms with E-state index in [9.17, 15) is 8.42 Å². The van der Waals surface area contributed by atoms with Crippen molar-refractivity contribution in [2.45, 2.75) is 30.7 Å². The average Bonchev–Trinajstić information content (AvgIpc) is 2.29. The van der Waals surface area contributed by atoms with E-state index in [-0.39, 0.29) is 10.9 Å². The zero-order chi connectivity index (χ0) is 13.6. The van der Waals surface area contributed by atoms with Gasteiger partial charge in [-0.3, -0.25) is 0 Å². The number of hydrogen-bond acceptors (Lipinski definition) is 2. The van der Waals surface area contributed by atoms with Gasteiger partial charge in [0.1, 0.15) is 0 Å². The number of terminal acetylenes is 1. The van der Waals surface area contributed by atoms with E-state index in [1.807, 2.05) is 0 Å². The van der Waals surface area contributed by atoms with Crippen molar-refractivity contribution in [2.24, 2.45) is 0 Å². The van der Waals surface area contributed by atoms with Crippen molar-refractivity contribution < 1.29 is 8.42 Å². The van der Waals surface area contributed by atoms with Crippen LogP contribution in [0.15, 0.2) is 29.2 Å². The van der Waals surface area contributed by atoms with E-state index in [2.05, 4.69) is 10.6 Å². The van der Waals surface area contributed by atoms with Crippen LogP contribution < -0.4 is 4.72 Å². The van der Waals surface area contributed by atoms with Crippen molar-refractivity contribution in [3.8, 4) is 12.3 Å². The van der Waals surface area contributed by atoms with Gasteiger partial charge in [-0.15, -0.1) is 23.9 Å². The van der Waals surface area contributed by atoms with E-state index < -0.39 is 10.0 Å². The summed E-state index contributed by atoms with van der Waals surface area (Å²) in [6.45, 7) is 1.74. The molecule has 1 rings (SSSR count). The van der Waals surface area contributed by atoms with Crippen LogP contribution in [0.3, 0.4) is 0 Å². The van der Waals surface area contributed by atoms with Gasteiger partial charge < -0.3 is 0 Å². The number of halogens is 1. The first kappa shape index (κ1) is 15.0. The number of alkyl halides is 1. The number of rotatable bonds is 6. The maximum Gasteiger partial charge on any atom is 0.240 e. The van der Waals surface area contributed by atoms with Gasteiger partial charge in [0.25, 0.3) is 0 Å². The van der Waals surface area contributed by atoms with Crippen LogP contribution in [0, 0.1) is 12.3 Å². The number of sulfonamides is 1. The fraction of sp³-hybridized carbons (Fsp3) is 0.385. The lowest BCUT2D eigenvalue weighted by molar-refractivity contribution is 0.563. The maximum absolute atomic E-state index is 12.0. The largest absolute Gasteiger partial charge is 0.240 e. The summed E-state index contributed by atoms with van der Waals surface area (Å²) < 4.78 is 26.5. The quantitative estimate of drug-likeness (QED) is 0.643. The molecule has 1 aromatic rings. The lowest BCUT2D eigenvalue weighted by atomic mass is 10.2. The van der Waals surface area contributed by atoms with Gasteiger partial charge in [0.15, 0.2) is 0 Å². The molecule has 0 radical (unpaired) electrons. The third-order valence-corrected chi connectivity index (χ3v) is 4.19. The van der Waals surface area contributed by atoms with Crippen LogP contribution in [0.4, 0.5) is 0 Å². The molecule has 0 aromatic heterocycles. The van der Waals surface area contributed by atoms with E-state index in [4.69, 9.17) is 18.0 Å². The standard InChI is InChI=1S/C13H16ClNO2S/c1-3-4-11(2)15-18(16,17)13-7-5-12(6-8-13)9-10-14/h1,5-8,11,15H,4,9-10H2,2H3. The molecular weight excluding hydrogens is 270 g/mol. The van der Waals surface area contributed by atoms with Crippen molar-refractivity contribution in [1.29, 1.82) is 0 Å². The van der Waals surface area contributed by atoms with Crippen LogP contribution >= 0.6 is 11.6 Å². The molecule has 0 saturated carbocycles. The molecule has 1 atom stereocenters. The molecule has 0 fully saturated rings. The van der Waals surface area contributed by atoms with E-state index in [1.54, 1.807) is 31.2 Å². The van der Waals surface area contributed by atoms with E-state index in [0.29, 0.717) is 12.3 Å². The Hall–Kier alpha value is -1.02. The highest BCUT2D eigenvalue weighted by Crippen LogP contribution is 2.12. The van der Waals surface area contributed by atoms with Gasteiger partial charge in [-0.25, -0.2) is 13.1 Å². The molecule has 0 spiro atoms. The summed E-state index contributed by atoms with van der Waals surface area (Å²) in [5.41, 5.74) is 1.01. The number of benzene rings is 1. The van der Waals surface area contributed by atoms with Crippen molar-refractivity contribution in [2.75, 3.05) is 5.88 Å². The molecule has 0 bridgehead atoms. The lowest BCUT2D eigenvalue weighted by Crippen LogP contribution is -2.32. The number of aryl methyl sites for hydroxylation is 1. The Morgan fingerprint density at radius 2 is 2.00 bits per heavy atom. The Bertz CT molecular complexity index is 517. The first-order valence-corrected chi connectivity index (χ1v) is 7.62. The van der Waals surface area contributed by atoms with Crippen LogP contribution in [0.5, 0.6) is 0 Å². The van der Waals surface area contributed by atoms with E-state index >= 15 is 0 Å². The molecule has 5 heteroatoms. The smallest absolute Gasteiger partial charge is 0.207 e. The minimum Gasteiger partial charge on any atom is -0.207 e. The third kappa shape index (κ3) is 4.34. The number of nitrogens with one attached hydrogen (secondary N) is 1. The van der Waals surface area contributed by atoms with Gasteiger partial charge in [0.05, 0.1) is 4.90 Å². The summed E-state index contributed by atoms with van der Waals surface area (Å²) in [5.74, 6) is 2.94. The summed E-state index contributed by atoms with van der Waals surface area (Å²) in [6, 6.07) is 6.41. The van der Waals surface area contributed by atoms with Crippen molar-refractivity contribution >= 4 is 21.6 Å². The van der Waals surface area contributed by atoms with Gasteiger partial charge in [-0.05, 0) is 31.0 Å². The van der Waals surface area contributed by atoms with Gasteiger partial charge >= 0.3 is 0 Å². The molecule has 0 aliphatic rings. The predicted molar refractivity (Wildman–Crippen MR) is 74.1 cm³/mol. The second kappa shape index (κ2) is 6.79.